The molecule has 0 bridgehead atoms. The second kappa shape index (κ2) is 4.93. The third-order valence-corrected chi connectivity index (χ3v) is 3.76. The molecule has 3 rings (SSSR count). The summed E-state index contributed by atoms with van der Waals surface area (Å²) in [6.07, 6.45) is 0. The summed E-state index contributed by atoms with van der Waals surface area (Å²) >= 11 is 12.0. The molecule has 2 aromatic carbocycles. The van der Waals surface area contributed by atoms with Gasteiger partial charge in [-0.1, -0.05) is 23.2 Å². The normalized spacial score (nSPS) is 10.9. The number of halogens is 2. The van der Waals surface area contributed by atoms with Crippen molar-refractivity contribution >= 4 is 39.9 Å². The van der Waals surface area contributed by atoms with E-state index in [1.165, 1.54) is 0 Å². The molecule has 1 heterocycles. The first-order valence-electron chi connectivity index (χ1n) is 6.04. The van der Waals surface area contributed by atoms with Crippen LogP contribution in [0.4, 0.5) is 5.82 Å². The van der Waals surface area contributed by atoms with Crippen LogP contribution in [0.3, 0.4) is 0 Å². The minimum atomic E-state index is 0.417. The van der Waals surface area contributed by atoms with Gasteiger partial charge in [-0.15, -0.1) is 0 Å². The molecule has 0 atom stereocenters. The summed E-state index contributed by atoms with van der Waals surface area (Å²) in [6, 6.07) is 11.0. The number of aromatic nitrogens is 2. The maximum absolute atomic E-state index is 6.03. The van der Waals surface area contributed by atoms with Gasteiger partial charge >= 0.3 is 0 Å². The number of nitrogen functional groups attached to an aromatic ring is 1. The lowest BCUT2D eigenvalue weighted by Gasteiger charge is -2.07. The largest absolute Gasteiger partial charge is 0.383 e. The summed E-state index contributed by atoms with van der Waals surface area (Å²) in [4.78, 5) is 8.87. The van der Waals surface area contributed by atoms with E-state index in [0.717, 1.165) is 22.0 Å². The Morgan fingerprint density at radius 3 is 2.55 bits per heavy atom. The summed E-state index contributed by atoms with van der Waals surface area (Å²) in [5, 5.41) is 2.09. The van der Waals surface area contributed by atoms with E-state index in [1.807, 2.05) is 31.2 Å². The van der Waals surface area contributed by atoms with Gasteiger partial charge in [0.05, 0.1) is 5.52 Å². The molecular weight excluding hydrogens is 293 g/mol. The number of benzene rings is 2. The van der Waals surface area contributed by atoms with Crippen molar-refractivity contribution < 1.29 is 0 Å². The molecule has 0 saturated carbocycles. The fourth-order valence-corrected chi connectivity index (χ4v) is 2.33. The van der Waals surface area contributed by atoms with Gasteiger partial charge in [0.1, 0.15) is 5.82 Å². The molecule has 0 aliphatic heterocycles. The first kappa shape index (κ1) is 13.2. The van der Waals surface area contributed by atoms with Crippen LogP contribution in [0, 0.1) is 6.92 Å². The molecule has 0 unspecified atom stereocenters. The molecular formula is C15H11Cl2N3. The third-order valence-electron chi connectivity index (χ3n) is 3.10. The summed E-state index contributed by atoms with van der Waals surface area (Å²) in [5.41, 5.74) is 8.62. The van der Waals surface area contributed by atoms with Gasteiger partial charge < -0.3 is 5.73 Å². The molecule has 0 spiro atoms. The molecule has 100 valence electrons. The molecule has 0 aliphatic rings. The van der Waals surface area contributed by atoms with Crippen molar-refractivity contribution in [3.63, 3.8) is 0 Å². The van der Waals surface area contributed by atoms with Crippen LogP contribution in [-0.4, -0.2) is 9.97 Å². The Morgan fingerprint density at radius 2 is 1.80 bits per heavy atom. The van der Waals surface area contributed by atoms with Gasteiger partial charge in [-0.2, -0.15) is 0 Å². The van der Waals surface area contributed by atoms with E-state index < -0.39 is 0 Å². The number of hydrogen-bond donors (Lipinski definition) is 1. The van der Waals surface area contributed by atoms with Crippen molar-refractivity contribution in [3.8, 4) is 11.4 Å². The van der Waals surface area contributed by atoms with Crippen LogP contribution < -0.4 is 5.73 Å². The number of aryl methyl sites for hydroxylation is 1. The Labute approximate surface area is 126 Å². The highest BCUT2D eigenvalue weighted by Crippen LogP contribution is 2.27. The maximum Gasteiger partial charge on any atom is 0.162 e. The summed E-state index contributed by atoms with van der Waals surface area (Å²) < 4.78 is 0. The minimum Gasteiger partial charge on any atom is -0.383 e. The Bertz CT molecular complexity index is 816. The third kappa shape index (κ3) is 2.30. The number of hydrogen-bond acceptors (Lipinski definition) is 3. The van der Waals surface area contributed by atoms with E-state index in [4.69, 9.17) is 28.9 Å². The van der Waals surface area contributed by atoms with E-state index >= 15 is 0 Å². The molecule has 5 heteroatoms. The molecule has 2 N–H and O–H groups in total. The van der Waals surface area contributed by atoms with Crippen LogP contribution in [0.15, 0.2) is 36.4 Å². The highest BCUT2D eigenvalue weighted by molar-refractivity contribution is 6.31. The molecule has 0 amide bonds. The summed E-state index contributed by atoms with van der Waals surface area (Å²) in [7, 11) is 0. The van der Waals surface area contributed by atoms with Crippen molar-refractivity contribution in [2.45, 2.75) is 6.92 Å². The van der Waals surface area contributed by atoms with E-state index in [2.05, 4.69) is 9.97 Å². The zero-order chi connectivity index (χ0) is 14.3. The average molecular weight is 304 g/mol. The van der Waals surface area contributed by atoms with Crippen LogP contribution in [-0.2, 0) is 0 Å². The predicted octanol–water partition coefficient (Wildman–Crippen LogP) is 4.49. The van der Waals surface area contributed by atoms with Crippen molar-refractivity contribution in [1.29, 1.82) is 0 Å². The molecule has 1 aromatic heterocycles. The van der Waals surface area contributed by atoms with Crippen LogP contribution in [0.25, 0.3) is 22.3 Å². The van der Waals surface area contributed by atoms with Gasteiger partial charge in [0, 0.05) is 21.0 Å². The van der Waals surface area contributed by atoms with Gasteiger partial charge in [0.15, 0.2) is 5.82 Å². The van der Waals surface area contributed by atoms with Gasteiger partial charge in [-0.25, -0.2) is 9.97 Å². The van der Waals surface area contributed by atoms with Gasteiger partial charge in [-0.05, 0) is 48.9 Å². The second-order valence-corrected chi connectivity index (χ2v) is 5.40. The smallest absolute Gasteiger partial charge is 0.162 e. The minimum absolute atomic E-state index is 0.417. The van der Waals surface area contributed by atoms with Crippen molar-refractivity contribution in [3.05, 3.63) is 52.0 Å². The number of anilines is 1. The predicted molar refractivity (Wildman–Crippen MR) is 84.1 cm³/mol. The number of rotatable bonds is 1. The first-order valence-corrected chi connectivity index (χ1v) is 6.79. The Hall–Kier alpha value is -1.84. The van der Waals surface area contributed by atoms with Crippen LogP contribution >= 0.6 is 23.2 Å². The molecule has 20 heavy (non-hydrogen) atoms. The molecule has 3 aromatic rings. The van der Waals surface area contributed by atoms with E-state index in [9.17, 15) is 0 Å². The lowest BCUT2D eigenvalue weighted by molar-refractivity contribution is 1.23. The first-order chi connectivity index (χ1) is 9.54. The van der Waals surface area contributed by atoms with Crippen molar-refractivity contribution in [2.24, 2.45) is 0 Å². The standard InChI is InChI=1S/C15H11Cl2N3/c1-8-6-9(2-4-12(8)17)15-19-13-5-3-10(16)7-11(13)14(18)20-15/h2-7H,1H3,(H2,18,19,20). The van der Waals surface area contributed by atoms with Crippen LogP contribution in [0.1, 0.15) is 5.56 Å². The average Bonchev–Trinajstić information content (AvgIpc) is 2.42. The van der Waals surface area contributed by atoms with E-state index in [-0.39, 0.29) is 0 Å². The molecule has 0 radical (unpaired) electrons. The van der Waals surface area contributed by atoms with Gasteiger partial charge in [0.2, 0.25) is 0 Å². The number of nitrogens with two attached hydrogens (primary N) is 1. The van der Waals surface area contributed by atoms with Crippen LogP contribution in [0.2, 0.25) is 10.0 Å². The Morgan fingerprint density at radius 1 is 1.00 bits per heavy atom. The highest BCUT2D eigenvalue weighted by Gasteiger charge is 2.09. The Balaban J connectivity index is 2.21. The number of fused-ring (bicyclic) bond motifs is 1. The lowest BCUT2D eigenvalue weighted by Crippen LogP contribution is -1.98. The lowest BCUT2D eigenvalue weighted by atomic mass is 10.1. The fraction of sp³-hybridized carbons (Fsp3) is 0.0667. The monoisotopic (exact) mass is 303 g/mol. The summed E-state index contributed by atoms with van der Waals surface area (Å²) in [6.45, 7) is 1.94. The summed E-state index contributed by atoms with van der Waals surface area (Å²) in [5.74, 6) is 0.997. The van der Waals surface area contributed by atoms with E-state index in [1.54, 1.807) is 12.1 Å². The van der Waals surface area contributed by atoms with Gasteiger partial charge in [0.25, 0.3) is 0 Å². The topological polar surface area (TPSA) is 51.8 Å². The fourth-order valence-electron chi connectivity index (χ4n) is 2.04. The van der Waals surface area contributed by atoms with Crippen LogP contribution in [0.5, 0.6) is 0 Å². The molecule has 3 nitrogen and oxygen atoms in total. The SMILES string of the molecule is Cc1cc(-c2nc(N)c3cc(Cl)ccc3n2)ccc1Cl. The molecule has 0 aliphatic carbocycles. The number of nitrogens with zero attached hydrogens (tertiary/aromatic N) is 2. The second-order valence-electron chi connectivity index (χ2n) is 4.56. The maximum atomic E-state index is 6.03. The highest BCUT2D eigenvalue weighted by atomic mass is 35.5. The van der Waals surface area contributed by atoms with Crippen molar-refractivity contribution in [1.82, 2.24) is 9.97 Å². The Kier molecular flexibility index (Phi) is 3.24. The zero-order valence-electron chi connectivity index (χ0n) is 10.7. The van der Waals surface area contributed by atoms with E-state index in [0.29, 0.717) is 21.7 Å². The molecule has 0 saturated heterocycles. The van der Waals surface area contributed by atoms with Gasteiger partial charge in [-0.3, -0.25) is 0 Å². The quantitative estimate of drug-likeness (QED) is 0.720. The molecule has 0 fully saturated rings. The zero-order valence-corrected chi connectivity index (χ0v) is 12.2. The van der Waals surface area contributed by atoms with Crippen molar-refractivity contribution in [2.75, 3.05) is 5.73 Å².